The lowest BCUT2D eigenvalue weighted by Gasteiger charge is -2.34. The normalized spacial score (nSPS) is 12.6. The number of rotatable bonds is 5. The number of halogens is 1. The maximum Gasteiger partial charge on any atom is 0.232 e. The minimum absolute atomic E-state index is 0.158. The van der Waals surface area contributed by atoms with E-state index in [0.29, 0.717) is 10.7 Å². The van der Waals surface area contributed by atoms with Crippen LogP contribution in [0.25, 0.3) is 0 Å². The average molecular weight is 371 g/mol. The maximum absolute atomic E-state index is 14.6. The van der Waals surface area contributed by atoms with Crippen LogP contribution in [0.1, 0.15) is 30.9 Å². The van der Waals surface area contributed by atoms with E-state index in [4.69, 9.17) is 0 Å². The number of carbonyl (C=O) groups is 1. The van der Waals surface area contributed by atoms with Crippen LogP contribution in [0.5, 0.6) is 5.75 Å². The average Bonchev–Trinajstić information content (AvgIpc) is 3.11. The van der Waals surface area contributed by atoms with Crippen molar-refractivity contribution in [1.82, 2.24) is 10.2 Å². The summed E-state index contributed by atoms with van der Waals surface area (Å²) in [5, 5.41) is 20.2. The molecule has 1 atom stereocenters. The number of benzene rings is 2. The topological polar surface area (TPSA) is 75.1 Å². The van der Waals surface area contributed by atoms with Crippen molar-refractivity contribution in [2.24, 2.45) is 5.41 Å². The molecule has 26 heavy (non-hydrogen) atoms. The predicted octanol–water partition coefficient (Wildman–Crippen LogP) is 4.18. The lowest BCUT2D eigenvalue weighted by molar-refractivity contribution is -0.124. The Kier molecular flexibility index (Phi) is 4.99. The molecule has 1 aromatic heterocycles. The standard InChI is InChI=1S/C19H18FN3O2S/c1-19(2,17(25)22-18-23-21-11-26-18)16(12-6-4-3-5-7-12)14-9-8-13(24)10-15(14)20/h3-11,16,24H,1-2H3,(H,22,23,25). The van der Waals surface area contributed by atoms with Crippen LogP contribution >= 0.6 is 11.3 Å². The number of aromatic hydroxyl groups is 1. The highest BCUT2D eigenvalue weighted by molar-refractivity contribution is 7.13. The van der Waals surface area contributed by atoms with Gasteiger partial charge in [-0.15, -0.1) is 10.2 Å². The highest BCUT2D eigenvalue weighted by Crippen LogP contribution is 2.43. The summed E-state index contributed by atoms with van der Waals surface area (Å²) in [5.74, 6) is -1.57. The fourth-order valence-electron chi connectivity index (χ4n) is 3.00. The number of aromatic nitrogens is 2. The minimum atomic E-state index is -0.995. The molecular formula is C19H18FN3O2S. The van der Waals surface area contributed by atoms with Crippen LogP contribution in [0.15, 0.2) is 54.0 Å². The number of nitrogens with one attached hydrogen (secondary N) is 1. The second kappa shape index (κ2) is 7.21. The molecule has 0 aliphatic heterocycles. The first-order valence-electron chi connectivity index (χ1n) is 8.00. The minimum Gasteiger partial charge on any atom is -0.508 e. The van der Waals surface area contributed by atoms with Crippen LogP contribution in [0, 0.1) is 11.2 Å². The number of phenols is 1. The molecule has 3 aromatic rings. The summed E-state index contributed by atoms with van der Waals surface area (Å²) in [6, 6.07) is 13.3. The summed E-state index contributed by atoms with van der Waals surface area (Å²) in [4.78, 5) is 13.0. The van der Waals surface area contributed by atoms with Gasteiger partial charge in [-0.3, -0.25) is 4.79 Å². The first kappa shape index (κ1) is 18.0. The molecule has 1 amide bonds. The van der Waals surface area contributed by atoms with Crippen LogP contribution < -0.4 is 5.32 Å². The Hall–Kier alpha value is -2.80. The van der Waals surface area contributed by atoms with E-state index in [1.54, 1.807) is 13.8 Å². The molecule has 0 radical (unpaired) electrons. The molecule has 0 aliphatic rings. The van der Waals surface area contributed by atoms with Crippen LogP contribution in [0.4, 0.5) is 9.52 Å². The Morgan fingerprint density at radius 2 is 1.96 bits per heavy atom. The zero-order valence-corrected chi connectivity index (χ0v) is 15.1. The van der Waals surface area contributed by atoms with Crippen LogP contribution in [-0.2, 0) is 4.79 Å². The summed E-state index contributed by atoms with van der Waals surface area (Å²) in [7, 11) is 0. The Labute approximate surface area is 154 Å². The first-order valence-corrected chi connectivity index (χ1v) is 8.88. The van der Waals surface area contributed by atoms with Gasteiger partial charge in [0.15, 0.2) is 0 Å². The Balaban J connectivity index is 2.06. The summed E-state index contributed by atoms with van der Waals surface area (Å²) < 4.78 is 14.6. The van der Waals surface area contributed by atoms with Gasteiger partial charge in [0, 0.05) is 12.0 Å². The van der Waals surface area contributed by atoms with Crippen molar-refractivity contribution < 1.29 is 14.3 Å². The van der Waals surface area contributed by atoms with Gasteiger partial charge in [0.2, 0.25) is 11.0 Å². The Morgan fingerprint density at radius 1 is 1.23 bits per heavy atom. The van der Waals surface area contributed by atoms with Gasteiger partial charge in [-0.25, -0.2) is 4.39 Å². The Morgan fingerprint density at radius 3 is 2.58 bits per heavy atom. The van der Waals surface area contributed by atoms with Gasteiger partial charge in [0.25, 0.3) is 0 Å². The van der Waals surface area contributed by atoms with E-state index < -0.39 is 17.2 Å². The number of nitrogens with zero attached hydrogens (tertiary/aromatic N) is 2. The van der Waals surface area contributed by atoms with E-state index in [0.717, 1.165) is 11.6 Å². The van der Waals surface area contributed by atoms with Gasteiger partial charge in [-0.1, -0.05) is 61.6 Å². The van der Waals surface area contributed by atoms with Crippen molar-refractivity contribution in [1.29, 1.82) is 0 Å². The maximum atomic E-state index is 14.6. The molecule has 134 valence electrons. The summed E-state index contributed by atoms with van der Waals surface area (Å²) in [5.41, 5.74) is 1.67. The van der Waals surface area contributed by atoms with E-state index in [1.807, 2.05) is 30.3 Å². The van der Waals surface area contributed by atoms with Gasteiger partial charge < -0.3 is 10.4 Å². The predicted molar refractivity (Wildman–Crippen MR) is 98.7 cm³/mol. The molecule has 0 bridgehead atoms. The highest BCUT2D eigenvalue weighted by Gasteiger charge is 2.40. The number of amides is 1. The number of hydrogen-bond acceptors (Lipinski definition) is 5. The summed E-state index contributed by atoms with van der Waals surface area (Å²) >= 11 is 1.21. The number of hydrogen-bond donors (Lipinski definition) is 2. The molecule has 2 N–H and O–H groups in total. The summed E-state index contributed by atoms with van der Waals surface area (Å²) in [6.07, 6.45) is 0. The van der Waals surface area contributed by atoms with E-state index in [2.05, 4.69) is 15.5 Å². The fraction of sp³-hybridized carbons (Fsp3) is 0.211. The van der Waals surface area contributed by atoms with Gasteiger partial charge in [0.05, 0.1) is 5.41 Å². The molecule has 7 heteroatoms. The van der Waals surface area contributed by atoms with Gasteiger partial charge in [-0.2, -0.15) is 0 Å². The van der Waals surface area contributed by atoms with Crippen molar-refractivity contribution >= 4 is 22.4 Å². The number of carbonyl (C=O) groups excluding carboxylic acids is 1. The van der Waals surface area contributed by atoms with Crippen LogP contribution in [-0.4, -0.2) is 21.2 Å². The lowest BCUT2D eigenvalue weighted by atomic mass is 9.70. The van der Waals surface area contributed by atoms with Gasteiger partial charge in [-0.05, 0) is 17.2 Å². The Bertz CT molecular complexity index is 898. The molecule has 0 fully saturated rings. The third-order valence-corrected chi connectivity index (χ3v) is 4.92. The highest BCUT2D eigenvalue weighted by atomic mass is 32.1. The fourth-order valence-corrected chi connectivity index (χ4v) is 3.44. The molecule has 3 rings (SSSR count). The second-order valence-corrected chi connectivity index (χ2v) is 7.30. The van der Waals surface area contributed by atoms with Gasteiger partial charge >= 0.3 is 0 Å². The SMILES string of the molecule is CC(C)(C(=O)Nc1nncs1)C(c1ccccc1)c1ccc(O)cc1F. The molecule has 1 heterocycles. The third kappa shape index (κ3) is 3.57. The van der Waals surface area contributed by atoms with Gasteiger partial charge in [0.1, 0.15) is 17.1 Å². The van der Waals surface area contributed by atoms with Crippen LogP contribution in [0.2, 0.25) is 0 Å². The monoisotopic (exact) mass is 371 g/mol. The van der Waals surface area contributed by atoms with Crippen LogP contribution in [0.3, 0.4) is 0 Å². The largest absolute Gasteiger partial charge is 0.508 e. The molecular weight excluding hydrogens is 353 g/mol. The van der Waals surface area contributed by atoms with E-state index in [-0.39, 0.29) is 11.7 Å². The quantitative estimate of drug-likeness (QED) is 0.705. The first-order chi connectivity index (χ1) is 12.4. The zero-order valence-electron chi connectivity index (χ0n) is 14.3. The molecule has 0 saturated heterocycles. The number of anilines is 1. The second-order valence-electron chi connectivity index (χ2n) is 6.47. The molecule has 0 saturated carbocycles. The molecule has 2 aromatic carbocycles. The molecule has 0 spiro atoms. The van der Waals surface area contributed by atoms with E-state index in [9.17, 15) is 14.3 Å². The van der Waals surface area contributed by atoms with E-state index >= 15 is 0 Å². The zero-order chi connectivity index (χ0) is 18.7. The summed E-state index contributed by atoms with van der Waals surface area (Å²) in [6.45, 7) is 3.51. The third-order valence-electron chi connectivity index (χ3n) is 4.32. The van der Waals surface area contributed by atoms with E-state index in [1.165, 1.54) is 29.0 Å². The lowest BCUT2D eigenvalue weighted by Crippen LogP contribution is -2.37. The van der Waals surface area contributed by atoms with Crippen molar-refractivity contribution in [3.63, 3.8) is 0 Å². The molecule has 5 nitrogen and oxygen atoms in total. The van der Waals surface area contributed by atoms with Crippen molar-refractivity contribution in [2.45, 2.75) is 19.8 Å². The van der Waals surface area contributed by atoms with Crippen molar-refractivity contribution in [2.75, 3.05) is 5.32 Å². The smallest absolute Gasteiger partial charge is 0.232 e. The van der Waals surface area contributed by atoms with Crippen molar-refractivity contribution in [3.05, 3.63) is 71.0 Å². The molecule has 1 unspecified atom stereocenters. The number of phenolic OH excluding ortho intramolecular Hbond substituents is 1. The molecule has 0 aliphatic carbocycles. The van der Waals surface area contributed by atoms with Crippen molar-refractivity contribution in [3.8, 4) is 5.75 Å².